The topological polar surface area (TPSA) is 3.24 Å². The molecule has 2 rings (SSSR count). The highest BCUT2D eigenvalue weighted by atomic mass is 35.5. The van der Waals surface area contributed by atoms with Crippen LogP contribution in [0.4, 0.5) is 4.39 Å². The fourth-order valence-electron chi connectivity index (χ4n) is 2.73. The summed E-state index contributed by atoms with van der Waals surface area (Å²) in [5, 5.41) is 0. The Hall–Kier alpha value is -1.64. The summed E-state index contributed by atoms with van der Waals surface area (Å²) in [5.41, 5.74) is 5.39. The van der Waals surface area contributed by atoms with Crippen molar-refractivity contribution in [3.05, 3.63) is 77.1 Å². The number of rotatable bonds is 5. The van der Waals surface area contributed by atoms with E-state index in [0.29, 0.717) is 12.1 Å². The Balaban J connectivity index is 0.00000312. The van der Waals surface area contributed by atoms with Gasteiger partial charge in [-0.3, -0.25) is 4.90 Å². The molecule has 0 aliphatic heterocycles. The van der Waals surface area contributed by atoms with Gasteiger partial charge in [0.05, 0.1) is 0 Å². The maximum absolute atomic E-state index is 14.1. The lowest BCUT2D eigenvalue weighted by atomic mass is 9.87. The lowest BCUT2D eigenvalue weighted by molar-refractivity contribution is 0.313. The third-order valence-corrected chi connectivity index (χ3v) is 4.25. The zero-order chi connectivity index (χ0) is 17.9. The van der Waals surface area contributed by atoms with Gasteiger partial charge >= 0.3 is 0 Å². The first-order valence-electron chi connectivity index (χ1n) is 8.39. The Morgan fingerprint density at radius 2 is 1.64 bits per heavy atom. The van der Waals surface area contributed by atoms with E-state index in [1.165, 1.54) is 17.2 Å². The van der Waals surface area contributed by atoms with Crippen molar-refractivity contribution in [3.63, 3.8) is 0 Å². The minimum absolute atomic E-state index is 0. The average Bonchev–Trinajstić information content (AvgIpc) is 2.48. The van der Waals surface area contributed by atoms with Crippen LogP contribution in [0.15, 0.2) is 49.0 Å². The number of hydrogen-bond acceptors (Lipinski definition) is 1. The maximum Gasteiger partial charge on any atom is 0.127 e. The Morgan fingerprint density at radius 1 is 1.04 bits per heavy atom. The molecule has 25 heavy (non-hydrogen) atoms. The van der Waals surface area contributed by atoms with E-state index in [0.717, 1.165) is 17.7 Å². The van der Waals surface area contributed by atoms with Crippen molar-refractivity contribution < 1.29 is 4.39 Å². The molecule has 136 valence electrons. The van der Waals surface area contributed by atoms with Crippen LogP contribution in [0.2, 0.25) is 0 Å². The standard InChI is InChI=1S/C22H28FN.ClH/c1-16(2)18-9-12-21(23)19(13-18)15-24(6)14-17-7-10-20(11-8-17)22(3,4)5;/h7-13H,1,14-15H2,2-6H3;1H. The summed E-state index contributed by atoms with van der Waals surface area (Å²) in [6.45, 7) is 13.9. The molecule has 0 amide bonds. The van der Waals surface area contributed by atoms with Gasteiger partial charge < -0.3 is 0 Å². The second-order valence-electron chi connectivity index (χ2n) is 7.71. The molecule has 0 atom stereocenters. The van der Waals surface area contributed by atoms with Crippen molar-refractivity contribution in [3.8, 4) is 0 Å². The molecule has 0 heterocycles. The molecule has 0 radical (unpaired) electrons. The van der Waals surface area contributed by atoms with E-state index >= 15 is 0 Å². The van der Waals surface area contributed by atoms with Crippen LogP contribution in [0.25, 0.3) is 5.57 Å². The first kappa shape index (κ1) is 21.4. The van der Waals surface area contributed by atoms with Gasteiger partial charge in [0, 0.05) is 18.7 Å². The molecule has 0 fully saturated rings. The van der Waals surface area contributed by atoms with Crippen molar-refractivity contribution in [2.45, 2.75) is 46.2 Å². The van der Waals surface area contributed by atoms with Gasteiger partial charge in [0.2, 0.25) is 0 Å². The van der Waals surface area contributed by atoms with Crippen molar-refractivity contribution >= 4 is 18.0 Å². The van der Waals surface area contributed by atoms with Crippen molar-refractivity contribution in [2.75, 3.05) is 7.05 Å². The number of hydrogen-bond donors (Lipinski definition) is 0. The van der Waals surface area contributed by atoms with E-state index in [1.807, 2.05) is 20.0 Å². The van der Waals surface area contributed by atoms with Crippen LogP contribution in [0, 0.1) is 5.82 Å². The van der Waals surface area contributed by atoms with Crippen molar-refractivity contribution in [2.24, 2.45) is 0 Å². The van der Waals surface area contributed by atoms with Crippen LogP contribution in [0.3, 0.4) is 0 Å². The first-order chi connectivity index (χ1) is 11.2. The van der Waals surface area contributed by atoms with Crippen LogP contribution in [0.1, 0.15) is 49.9 Å². The Bertz CT molecular complexity index is 714. The number of allylic oxidation sites excluding steroid dienone is 1. The van der Waals surface area contributed by atoms with Crippen molar-refractivity contribution in [1.82, 2.24) is 4.90 Å². The van der Waals surface area contributed by atoms with E-state index in [2.05, 4.69) is 56.5 Å². The summed E-state index contributed by atoms with van der Waals surface area (Å²) >= 11 is 0. The molecule has 2 aromatic rings. The fraction of sp³-hybridized carbons (Fsp3) is 0.364. The highest BCUT2D eigenvalue weighted by Crippen LogP contribution is 2.23. The van der Waals surface area contributed by atoms with Gasteiger partial charge in [-0.15, -0.1) is 12.4 Å². The van der Waals surface area contributed by atoms with Gasteiger partial charge in [-0.1, -0.05) is 63.3 Å². The largest absolute Gasteiger partial charge is 0.298 e. The van der Waals surface area contributed by atoms with E-state index in [-0.39, 0.29) is 23.6 Å². The third-order valence-electron chi connectivity index (χ3n) is 4.25. The van der Waals surface area contributed by atoms with Crippen molar-refractivity contribution in [1.29, 1.82) is 0 Å². The highest BCUT2D eigenvalue weighted by molar-refractivity contribution is 5.85. The molecular formula is C22H29ClFN. The smallest absolute Gasteiger partial charge is 0.127 e. The third kappa shape index (κ3) is 5.98. The summed E-state index contributed by atoms with van der Waals surface area (Å²) in [7, 11) is 2.02. The van der Waals surface area contributed by atoms with E-state index in [1.54, 1.807) is 6.07 Å². The minimum Gasteiger partial charge on any atom is -0.298 e. The molecule has 0 aliphatic rings. The molecule has 2 aromatic carbocycles. The monoisotopic (exact) mass is 361 g/mol. The molecule has 0 aliphatic carbocycles. The average molecular weight is 362 g/mol. The normalized spacial score (nSPS) is 11.3. The summed E-state index contributed by atoms with van der Waals surface area (Å²) in [6.07, 6.45) is 0. The molecule has 1 nitrogen and oxygen atoms in total. The van der Waals surface area contributed by atoms with Crippen LogP contribution < -0.4 is 0 Å². The predicted molar refractivity (Wildman–Crippen MR) is 109 cm³/mol. The summed E-state index contributed by atoms with van der Waals surface area (Å²) in [5.74, 6) is -0.157. The molecule has 0 spiro atoms. The van der Waals surface area contributed by atoms with Crippen LogP contribution in [-0.2, 0) is 18.5 Å². The summed E-state index contributed by atoms with van der Waals surface area (Å²) < 4.78 is 14.1. The molecule has 0 N–H and O–H groups in total. The Kier molecular flexibility index (Phi) is 7.40. The molecule has 0 saturated carbocycles. The SMILES string of the molecule is C=C(C)c1ccc(F)c(CN(C)Cc2ccc(C(C)(C)C)cc2)c1.Cl. The van der Waals surface area contributed by atoms with Gasteiger partial charge in [-0.05, 0) is 48.2 Å². The predicted octanol–water partition coefficient (Wildman–Crippen LogP) is 6.21. The maximum atomic E-state index is 14.1. The Morgan fingerprint density at radius 3 is 2.16 bits per heavy atom. The zero-order valence-corrected chi connectivity index (χ0v) is 16.7. The van der Waals surface area contributed by atoms with Gasteiger partial charge in [0.15, 0.2) is 0 Å². The fourth-order valence-corrected chi connectivity index (χ4v) is 2.73. The molecule has 0 aromatic heterocycles. The quantitative estimate of drug-likeness (QED) is 0.611. The Labute approximate surface area is 158 Å². The molecule has 0 saturated heterocycles. The van der Waals surface area contributed by atoms with Crippen LogP contribution in [0.5, 0.6) is 0 Å². The van der Waals surface area contributed by atoms with Gasteiger partial charge in [0.1, 0.15) is 5.82 Å². The van der Waals surface area contributed by atoms with Gasteiger partial charge in [0.25, 0.3) is 0 Å². The van der Waals surface area contributed by atoms with Crippen LogP contribution in [-0.4, -0.2) is 11.9 Å². The lowest BCUT2D eigenvalue weighted by Gasteiger charge is -2.21. The second-order valence-corrected chi connectivity index (χ2v) is 7.71. The zero-order valence-electron chi connectivity index (χ0n) is 15.9. The summed E-state index contributed by atoms with van der Waals surface area (Å²) in [6, 6.07) is 13.9. The lowest BCUT2D eigenvalue weighted by Crippen LogP contribution is -2.18. The van der Waals surface area contributed by atoms with Gasteiger partial charge in [-0.2, -0.15) is 0 Å². The highest BCUT2D eigenvalue weighted by Gasteiger charge is 2.13. The number of halogens is 2. The molecular weight excluding hydrogens is 333 g/mol. The molecule has 3 heteroatoms. The van der Waals surface area contributed by atoms with Gasteiger partial charge in [-0.25, -0.2) is 4.39 Å². The van der Waals surface area contributed by atoms with E-state index < -0.39 is 0 Å². The number of benzene rings is 2. The van der Waals surface area contributed by atoms with E-state index in [4.69, 9.17) is 0 Å². The molecule has 0 bridgehead atoms. The summed E-state index contributed by atoms with van der Waals surface area (Å²) in [4.78, 5) is 2.13. The molecule has 0 unspecified atom stereocenters. The minimum atomic E-state index is -0.157. The van der Waals surface area contributed by atoms with Crippen LogP contribution >= 0.6 is 12.4 Å². The van der Waals surface area contributed by atoms with E-state index in [9.17, 15) is 4.39 Å². The first-order valence-corrected chi connectivity index (χ1v) is 8.39. The second kappa shape index (κ2) is 8.64. The number of nitrogens with zero attached hydrogens (tertiary/aromatic N) is 1.